The van der Waals surface area contributed by atoms with Crippen LogP contribution in [0.1, 0.15) is 23.5 Å². The molecule has 1 N–H and O–H groups in total. The van der Waals surface area contributed by atoms with Gasteiger partial charge < -0.3 is 0 Å². The summed E-state index contributed by atoms with van der Waals surface area (Å²) in [5, 5.41) is 4.19. The predicted octanol–water partition coefficient (Wildman–Crippen LogP) is 3.46. The van der Waals surface area contributed by atoms with E-state index in [-0.39, 0.29) is 11.8 Å². The van der Waals surface area contributed by atoms with Gasteiger partial charge in [0.05, 0.1) is 11.6 Å². The molecule has 0 fully saturated rings. The summed E-state index contributed by atoms with van der Waals surface area (Å²) in [6.07, 6.45) is 0.622. The van der Waals surface area contributed by atoms with E-state index < -0.39 is 0 Å². The van der Waals surface area contributed by atoms with E-state index in [1.165, 1.54) is 0 Å². The Balaban J connectivity index is 1.89. The van der Waals surface area contributed by atoms with Gasteiger partial charge in [-0.05, 0) is 23.3 Å². The number of hydrogen-bond donors (Lipinski definition) is 1. The molecule has 20 heavy (non-hydrogen) atoms. The summed E-state index contributed by atoms with van der Waals surface area (Å²) in [4.78, 5) is 12.0. The molecule has 1 unspecified atom stereocenters. The van der Waals surface area contributed by atoms with Crippen LogP contribution in [0.5, 0.6) is 0 Å². The van der Waals surface area contributed by atoms with Gasteiger partial charge >= 0.3 is 0 Å². The molecule has 2 aromatic carbocycles. The van der Waals surface area contributed by atoms with Gasteiger partial charge in [-0.1, -0.05) is 58.4 Å². The Hall–Kier alpha value is -1.94. The molecular formula is C16H13BrN2O. The minimum absolute atomic E-state index is 0.0444. The number of nitrogens with zero attached hydrogens (tertiary/aromatic N) is 1. The standard InChI is InChI=1S/C16H13BrN2O/c17-13-8-6-12(7-9-13)15-10-14(16(20)19-18-15)11-4-2-1-3-5-11/h1-9,14H,10H2,(H,19,20). The first-order valence-electron chi connectivity index (χ1n) is 6.41. The second kappa shape index (κ2) is 5.59. The topological polar surface area (TPSA) is 41.5 Å². The maximum absolute atomic E-state index is 12.0. The van der Waals surface area contributed by atoms with Crippen LogP contribution in [0.2, 0.25) is 0 Å². The molecular weight excluding hydrogens is 316 g/mol. The van der Waals surface area contributed by atoms with E-state index in [0.717, 1.165) is 21.3 Å². The largest absolute Gasteiger partial charge is 0.272 e. The number of hydrazone groups is 1. The zero-order valence-electron chi connectivity index (χ0n) is 10.7. The van der Waals surface area contributed by atoms with Gasteiger partial charge in [0, 0.05) is 10.9 Å². The van der Waals surface area contributed by atoms with Crippen molar-refractivity contribution in [3.05, 3.63) is 70.2 Å². The molecule has 1 aliphatic rings. The average molecular weight is 329 g/mol. The highest BCUT2D eigenvalue weighted by Crippen LogP contribution is 2.25. The van der Waals surface area contributed by atoms with Crippen LogP contribution in [0.3, 0.4) is 0 Å². The minimum atomic E-state index is -0.174. The van der Waals surface area contributed by atoms with Gasteiger partial charge in [-0.15, -0.1) is 0 Å². The summed E-state index contributed by atoms with van der Waals surface area (Å²) in [7, 11) is 0. The van der Waals surface area contributed by atoms with Crippen molar-refractivity contribution in [1.29, 1.82) is 0 Å². The van der Waals surface area contributed by atoms with Crippen molar-refractivity contribution in [3.63, 3.8) is 0 Å². The van der Waals surface area contributed by atoms with Gasteiger partial charge in [0.15, 0.2) is 0 Å². The van der Waals surface area contributed by atoms with Gasteiger partial charge in [-0.2, -0.15) is 5.10 Å². The van der Waals surface area contributed by atoms with Crippen molar-refractivity contribution < 1.29 is 4.79 Å². The molecule has 0 spiro atoms. The smallest absolute Gasteiger partial charge is 0.248 e. The zero-order chi connectivity index (χ0) is 13.9. The maximum atomic E-state index is 12.0. The fourth-order valence-electron chi connectivity index (χ4n) is 2.31. The highest BCUT2D eigenvalue weighted by atomic mass is 79.9. The minimum Gasteiger partial charge on any atom is -0.272 e. The number of carbonyl (C=O) groups excluding carboxylic acids is 1. The normalized spacial score (nSPS) is 18.4. The molecule has 1 atom stereocenters. The molecule has 100 valence electrons. The van der Waals surface area contributed by atoms with Crippen molar-refractivity contribution in [2.75, 3.05) is 0 Å². The van der Waals surface area contributed by atoms with Crippen molar-refractivity contribution in [3.8, 4) is 0 Å². The fourth-order valence-corrected chi connectivity index (χ4v) is 2.58. The van der Waals surface area contributed by atoms with Crippen molar-refractivity contribution in [1.82, 2.24) is 5.43 Å². The van der Waals surface area contributed by atoms with Crippen LogP contribution in [-0.4, -0.2) is 11.6 Å². The van der Waals surface area contributed by atoms with E-state index in [2.05, 4.69) is 26.5 Å². The van der Waals surface area contributed by atoms with Crippen molar-refractivity contribution in [2.24, 2.45) is 5.10 Å². The van der Waals surface area contributed by atoms with Crippen LogP contribution in [0.25, 0.3) is 0 Å². The first-order valence-corrected chi connectivity index (χ1v) is 7.20. The lowest BCUT2D eigenvalue weighted by Gasteiger charge is -2.21. The van der Waals surface area contributed by atoms with E-state index in [1.807, 2.05) is 54.6 Å². The van der Waals surface area contributed by atoms with Gasteiger partial charge in [-0.3, -0.25) is 4.79 Å². The number of hydrogen-bond acceptors (Lipinski definition) is 2. The zero-order valence-corrected chi connectivity index (χ0v) is 12.3. The molecule has 0 aliphatic carbocycles. The Kier molecular flexibility index (Phi) is 3.65. The van der Waals surface area contributed by atoms with Crippen LogP contribution in [-0.2, 0) is 4.79 Å². The quantitative estimate of drug-likeness (QED) is 0.901. The van der Waals surface area contributed by atoms with Gasteiger partial charge in [0.1, 0.15) is 0 Å². The monoisotopic (exact) mass is 328 g/mol. The molecule has 1 amide bonds. The summed E-state index contributed by atoms with van der Waals surface area (Å²) < 4.78 is 1.03. The SMILES string of the molecule is O=C1NN=C(c2ccc(Br)cc2)CC1c1ccccc1. The first-order chi connectivity index (χ1) is 9.74. The van der Waals surface area contributed by atoms with Crippen molar-refractivity contribution in [2.45, 2.75) is 12.3 Å². The number of benzene rings is 2. The lowest BCUT2D eigenvalue weighted by atomic mass is 9.89. The molecule has 0 aromatic heterocycles. The van der Waals surface area contributed by atoms with E-state index in [9.17, 15) is 4.79 Å². The summed E-state index contributed by atoms with van der Waals surface area (Å²) in [6.45, 7) is 0. The first kappa shape index (κ1) is 13.1. The summed E-state index contributed by atoms with van der Waals surface area (Å²) in [5.41, 5.74) is 5.60. The molecule has 0 saturated heterocycles. The van der Waals surface area contributed by atoms with E-state index in [0.29, 0.717) is 6.42 Å². The lowest BCUT2D eigenvalue weighted by Crippen LogP contribution is -2.33. The van der Waals surface area contributed by atoms with E-state index >= 15 is 0 Å². The van der Waals surface area contributed by atoms with E-state index in [4.69, 9.17) is 0 Å². The molecule has 0 radical (unpaired) electrons. The number of rotatable bonds is 2. The Bertz CT molecular complexity index is 650. The second-order valence-corrected chi connectivity index (χ2v) is 5.62. The number of halogens is 1. The highest BCUT2D eigenvalue weighted by molar-refractivity contribution is 9.10. The van der Waals surface area contributed by atoms with Crippen molar-refractivity contribution >= 4 is 27.5 Å². The molecule has 1 aliphatic heterocycles. The Labute approximate surface area is 125 Å². The predicted molar refractivity (Wildman–Crippen MR) is 82.6 cm³/mol. The molecule has 4 heteroatoms. The van der Waals surface area contributed by atoms with Gasteiger partial charge in [0.2, 0.25) is 5.91 Å². The molecule has 0 saturated carbocycles. The summed E-state index contributed by atoms with van der Waals surface area (Å²) in [5.74, 6) is -0.218. The number of nitrogens with one attached hydrogen (secondary N) is 1. The third-order valence-corrected chi connectivity index (χ3v) is 3.92. The van der Waals surface area contributed by atoms with Crippen LogP contribution < -0.4 is 5.43 Å². The van der Waals surface area contributed by atoms with Gasteiger partial charge in [0.25, 0.3) is 0 Å². The van der Waals surface area contributed by atoms with E-state index in [1.54, 1.807) is 0 Å². The Morgan fingerprint density at radius 3 is 2.45 bits per heavy atom. The molecule has 2 aromatic rings. The lowest BCUT2D eigenvalue weighted by molar-refractivity contribution is -0.122. The highest BCUT2D eigenvalue weighted by Gasteiger charge is 2.26. The Morgan fingerprint density at radius 2 is 1.75 bits per heavy atom. The average Bonchev–Trinajstić information content (AvgIpc) is 2.50. The van der Waals surface area contributed by atoms with Crippen LogP contribution in [0.15, 0.2) is 64.2 Å². The molecule has 1 heterocycles. The third-order valence-electron chi connectivity index (χ3n) is 3.39. The second-order valence-electron chi connectivity index (χ2n) is 4.71. The maximum Gasteiger partial charge on any atom is 0.248 e. The summed E-state index contributed by atoms with van der Waals surface area (Å²) >= 11 is 3.42. The summed E-state index contributed by atoms with van der Waals surface area (Å²) in [6, 6.07) is 17.8. The Morgan fingerprint density at radius 1 is 1.05 bits per heavy atom. The number of amides is 1. The third kappa shape index (κ3) is 2.65. The molecule has 3 rings (SSSR count). The number of carbonyl (C=O) groups is 1. The fraction of sp³-hybridized carbons (Fsp3) is 0.125. The molecule has 0 bridgehead atoms. The van der Waals surface area contributed by atoms with Crippen LogP contribution in [0, 0.1) is 0 Å². The van der Waals surface area contributed by atoms with Gasteiger partial charge in [-0.25, -0.2) is 5.43 Å². The van der Waals surface area contributed by atoms with Crippen LogP contribution in [0.4, 0.5) is 0 Å². The van der Waals surface area contributed by atoms with Crippen LogP contribution >= 0.6 is 15.9 Å². The molecule has 3 nitrogen and oxygen atoms in total.